The molecule has 1 N–H and O–H groups in total. The van der Waals surface area contributed by atoms with Gasteiger partial charge in [-0.05, 0) is 42.5 Å². The summed E-state index contributed by atoms with van der Waals surface area (Å²) in [5.74, 6) is 0.377. The number of nitrogens with one attached hydrogen (secondary N) is 1. The minimum atomic E-state index is -3.73. The van der Waals surface area contributed by atoms with Crippen molar-refractivity contribution in [3.8, 4) is 11.5 Å². The first-order valence-electron chi connectivity index (χ1n) is 9.65. The number of anilines is 1. The molecule has 0 bridgehead atoms. The Kier molecular flexibility index (Phi) is 7.27. The van der Waals surface area contributed by atoms with E-state index >= 15 is 0 Å². The largest absolute Gasteiger partial charge is 0.455 e. The summed E-state index contributed by atoms with van der Waals surface area (Å²) in [4.78, 5) is 16.7. The monoisotopic (exact) mass is 459 g/mol. The van der Waals surface area contributed by atoms with Crippen LogP contribution in [0.1, 0.15) is 24.2 Å². The van der Waals surface area contributed by atoms with E-state index in [1.54, 1.807) is 26.0 Å². The van der Waals surface area contributed by atoms with Gasteiger partial charge in [-0.3, -0.25) is 4.79 Å². The van der Waals surface area contributed by atoms with Crippen LogP contribution in [0.25, 0.3) is 0 Å². The van der Waals surface area contributed by atoms with Crippen LogP contribution in [0.2, 0.25) is 5.15 Å². The Morgan fingerprint density at radius 3 is 2.42 bits per heavy atom. The maximum atomic E-state index is 13.0. The number of amides is 1. The molecule has 0 aliphatic rings. The zero-order valence-corrected chi connectivity index (χ0v) is 18.7. The van der Waals surface area contributed by atoms with Crippen molar-refractivity contribution >= 4 is 33.2 Å². The minimum absolute atomic E-state index is 0.0553. The number of para-hydroxylation sites is 1. The van der Waals surface area contributed by atoms with E-state index in [0.717, 1.165) is 0 Å². The van der Waals surface area contributed by atoms with Gasteiger partial charge in [0.1, 0.15) is 10.9 Å². The Morgan fingerprint density at radius 1 is 1.06 bits per heavy atom. The van der Waals surface area contributed by atoms with Gasteiger partial charge < -0.3 is 10.1 Å². The summed E-state index contributed by atoms with van der Waals surface area (Å²) in [6.45, 7) is 4.20. The number of halogens is 1. The van der Waals surface area contributed by atoms with Crippen LogP contribution in [-0.4, -0.2) is 36.7 Å². The van der Waals surface area contributed by atoms with Crippen LogP contribution in [0.4, 0.5) is 5.69 Å². The van der Waals surface area contributed by atoms with Gasteiger partial charge in [0, 0.05) is 24.8 Å². The van der Waals surface area contributed by atoms with Crippen LogP contribution in [0.5, 0.6) is 11.5 Å². The van der Waals surface area contributed by atoms with Crippen LogP contribution in [-0.2, 0) is 10.0 Å². The molecule has 1 aromatic heterocycles. The van der Waals surface area contributed by atoms with Crippen molar-refractivity contribution in [2.45, 2.75) is 18.7 Å². The molecule has 0 fully saturated rings. The minimum Gasteiger partial charge on any atom is -0.455 e. The summed E-state index contributed by atoms with van der Waals surface area (Å²) in [5, 5.41) is 2.90. The number of carbonyl (C=O) groups excluding carboxylic acids is 1. The molecular weight excluding hydrogens is 438 g/mol. The summed E-state index contributed by atoms with van der Waals surface area (Å²) in [6.07, 6.45) is 1.42. The predicted molar refractivity (Wildman–Crippen MR) is 120 cm³/mol. The van der Waals surface area contributed by atoms with E-state index in [1.165, 1.54) is 40.8 Å². The van der Waals surface area contributed by atoms with Gasteiger partial charge in [0.15, 0.2) is 5.75 Å². The third-order valence-electron chi connectivity index (χ3n) is 4.50. The van der Waals surface area contributed by atoms with Gasteiger partial charge in [0.25, 0.3) is 5.91 Å². The molecule has 2 aromatic carbocycles. The van der Waals surface area contributed by atoms with Crippen molar-refractivity contribution in [1.82, 2.24) is 9.29 Å². The average Bonchev–Trinajstić information content (AvgIpc) is 2.76. The van der Waals surface area contributed by atoms with Gasteiger partial charge in [0.05, 0.1) is 10.6 Å². The third-order valence-corrected chi connectivity index (χ3v) is 6.75. The first-order chi connectivity index (χ1) is 14.8. The Bertz CT molecular complexity index is 1170. The van der Waals surface area contributed by atoms with E-state index in [0.29, 0.717) is 24.6 Å². The van der Waals surface area contributed by atoms with Crippen LogP contribution in [0.3, 0.4) is 0 Å². The third kappa shape index (κ3) is 5.41. The fourth-order valence-electron chi connectivity index (χ4n) is 2.92. The molecule has 1 amide bonds. The lowest BCUT2D eigenvalue weighted by atomic mass is 10.2. The smallest absolute Gasteiger partial charge is 0.255 e. The first kappa shape index (κ1) is 22.7. The summed E-state index contributed by atoms with van der Waals surface area (Å²) in [7, 11) is -3.73. The molecule has 7 nitrogen and oxygen atoms in total. The van der Waals surface area contributed by atoms with Gasteiger partial charge >= 0.3 is 0 Å². The number of sulfonamides is 1. The Balaban J connectivity index is 2.02. The Morgan fingerprint density at radius 2 is 1.77 bits per heavy atom. The molecule has 0 aliphatic carbocycles. The van der Waals surface area contributed by atoms with Crippen molar-refractivity contribution in [3.05, 3.63) is 77.6 Å². The number of hydrogen-bond acceptors (Lipinski definition) is 5. The number of benzene rings is 2. The van der Waals surface area contributed by atoms with Crippen LogP contribution in [0, 0.1) is 0 Å². The number of pyridine rings is 1. The lowest BCUT2D eigenvalue weighted by Gasteiger charge is -2.20. The highest BCUT2D eigenvalue weighted by molar-refractivity contribution is 7.89. The summed E-state index contributed by atoms with van der Waals surface area (Å²) < 4.78 is 33.2. The number of ether oxygens (including phenoxy) is 1. The van der Waals surface area contributed by atoms with Crippen molar-refractivity contribution in [1.29, 1.82) is 0 Å². The fraction of sp³-hybridized carbons (Fsp3) is 0.182. The molecule has 0 aliphatic heterocycles. The molecule has 162 valence electrons. The number of hydrogen-bond donors (Lipinski definition) is 1. The summed E-state index contributed by atoms with van der Waals surface area (Å²) in [5.41, 5.74) is 0.498. The summed E-state index contributed by atoms with van der Waals surface area (Å²) >= 11 is 5.88. The Hall–Kier alpha value is -2.94. The maximum Gasteiger partial charge on any atom is 0.255 e. The number of nitrogens with zero attached hydrogens (tertiary/aromatic N) is 2. The lowest BCUT2D eigenvalue weighted by Crippen LogP contribution is -2.30. The molecule has 0 unspecified atom stereocenters. The van der Waals surface area contributed by atoms with Gasteiger partial charge in [-0.2, -0.15) is 4.31 Å². The molecule has 0 atom stereocenters. The highest BCUT2D eigenvalue weighted by atomic mass is 35.5. The quantitative estimate of drug-likeness (QED) is 0.488. The zero-order chi connectivity index (χ0) is 22.4. The number of aromatic nitrogens is 1. The highest BCUT2D eigenvalue weighted by Crippen LogP contribution is 2.33. The van der Waals surface area contributed by atoms with Crippen molar-refractivity contribution in [2.24, 2.45) is 0 Å². The zero-order valence-electron chi connectivity index (χ0n) is 17.1. The average molecular weight is 460 g/mol. The molecular formula is C22H22ClN3O4S. The molecule has 3 rings (SSSR count). The molecule has 0 saturated carbocycles. The number of carbonyl (C=O) groups is 1. The van der Waals surface area contributed by atoms with E-state index < -0.39 is 15.9 Å². The molecule has 0 spiro atoms. The van der Waals surface area contributed by atoms with Gasteiger partial charge in [0.2, 0.25) is 10.0 Å². The van der Waals surface area contributed by atoms with E-state index in [2.05, 4.69) is 10.3 Å². The van der Waals surface area contributed by atoms with E-state index in [-0.39, 0.29) is 21.3 Å². The second kappa shape index (κ2) is 9.91. The Labute approximate surface area is 186 Å². The molecule has 1 heterocycles. The van der Waals surface area contributed by atoms with Gasteiger partial charge in [-0.15, -0.1) is 0 Å². The van der Waals surface area contributed by atoms with E-state index in [9.17, 15) is 13.2 Å². The van der Waals surface area contributed by atoms with Gasteiger partial charge in [-0.1, -0.05) is 43.6 Å². The maximum absolute atomic E-state index is 13.0. The molecule has 31 heavy (non-hydrogen) atoms. The second-order valence-electron chi connectivity index (χ2n) is 6.48. The molecule has 9 heteroatoms. The van der Waals surface area contributed by atoms with Crippen LogP contribution in [0.15, 0.2) is 71.8 Å². The van der Waals surface area contributed by atoms with Crippen molar-refractivity contribution in [2.75, 3.05) is 18.4 Å². The SMILES string of the molecule is CCN(CC)S(=O)(=O)c1ccc(Oc2ccccc2)c(NC(=O)c2ccnc(Cl)c2)c1. The lowest BCUT2D eigenvalue weighted by molar-refractivity contribution is 0.102. The summed E-state index contributed by atoms with van der Waals surface area (Å²) in [6, 6.07) is 16.3. The molecule has 3 aromatic rings. The highest BCUT2D eigenvalue weighted by Gasteiger charge is 2.23. The van der Waals surface area contributed by atoms with Crippen molar-refractivity contribution < 1.29 is 17.9 Å². The second-order valence-corrected chi connectivity index (χ2v) is 8.81. The van der Waals surface area contributed by atoms with Gasteiger partial charge in [-0.25, -0.2) is 13.4 Å². The normalized spacial score (nSPS) is 11.4. The van der Waals surface area contributed by atoms with Crippen molar-refractivity contribution in [3.63, 3.8) is 0 Å². The van der Waals surface area contributed by atoms with E-state index in [1.807, 2.05) is 18.2 Å². The predicted octanol–water partition coefficient (Wildman–Crippen LogP) is 4.81. The van der Waals surface area contributed by atoms with E-state index in [4.69, 9.17) is 16.3 Å². The molecule has 0 radical (unpaired) electrons. The fourth-order valence-corrected chi connectivity index (χ4v) is 4.58. The topological polar surface area (TPSA) is 88.6 Å². The standard InChI is InChI=1S/C22H22ClN3O4S/c1-3-26(4-2)31(28,29)18-10-11-20(30-17-8-6-5-7-9-17)19(15-18)25-22(27)16-12-13-24-21(23)14-16/h5-15H,3-4H2,1-2H3,(H,25,27). The molecule has 0 saturated heterocycles. The number of rotatable bonds is 8. The first-order valence-corrected chi connectivity index (χ1v) is 11.5. The van der Waals surface area contributed by atoms with Crippen LogP contribution >= 0.6 is 11.6 Å². The van der Waals surface area contributed by atoms with Crippen LogP contribution < -0.4 is 10.1 Å².